The summed E-state index contributed by atoms with van der Waals surface area (Å²) in [5.74, 6) is 0.0103. The van der Waals surface area contributed by atoms with Crippen molar-refractivity contribution in [3.63, 3.8) is 0 Å². The van der Waals surface area contributed by atoms with Crippen LogP contribution in [0, 0.1) is 5.92 Å². The lowest BCUT2D eigenvalue weighted by Gasteiger charge is -2.09. The number of anilines is 1. The van der Waals surface area contributed by atoms with Gasteiger partial charge in [-0.1, -0.05) is 44.2 Å². The number of nitrogens with one attached hydrogen (secondary N) is 2. The lowest BCUT2D eigenvalue weighted by atomic mass is 10.2. The number of nitrogens with zero attached hydrogens (tertiary/aromatic N) is 1. The van der Waals surface area contributed by atoms with Crippen molar-refractivity contribution in [2.24, 2.45) is 5.92 Å². The maximum Gasteiger partial charge on any atom is 0.293 e. The summed E-state index contributed by atoms with van der Waals surface area (Å²) in [6.45, 7) is 5.19. The van der Waals surface area contributed by atoms with Gasteiger partial charge in [0.2, 0.25) is 0 Å². The van der Waals surface area contributed by atoms with Crippen LogP contribution in [-0.2, 0) is 11.4 Å². The Hall–Kier alpha value is -2.40. The summed E-state index contributed by atoms with van der Waals surface area (Å²) in [6.07, 6.45) is 1.60. The molecule has 0 unspecified atom stereocenters. The Morgan fingerprint density at radius 1 is 1.23 bits per heavy atom. The molecule has 0 bridgehead atoms. The minimum absolute atomic E-state index is 0.321. The first-order valence-corrected chi connectivity index (χ1v) is 7.31. The molecule has 1 heterocycles. The summed E-state index contributed by atoms with van der Waals surface area (Å²) in [4.78, 5) is 21.1. The van der Waals surface area contributed by atoms with Crippen molar-refractivity contribution >= 4 is 11.6 Å². The molecule has 0 saturated carbocycles. The second-order valence-electron chi connectivity index (χ2n) is 5.40. The van der Waals surface area contributed by atoms with E-state index in [-0.39, 0.29) is 5.91 Å². The van der Waals surface area contributed by atoms with Gasteiger partial charge in [0.1, 0.15) is 5.69 Å². The lowest BCUT2D eigenvalue weighted by molar-refractivity contribution is 0.0205. The van der Waals surface area contributed by atoms with Crippen LogP contribution in [0.1, 0.15) is 29.9 Å². The van der Waals surface area contributed by atoms with Gasteiger partial charge in [0.15, 0.2) is 0 Å². The molecule has 1 amide bonds. The first-order valence-electron chi connectivity index (χ1n) is 7.31. The number of carbonyl (C=O) groups is 1. The SMILES string of the molecule is CC(C)CONC(=O)c1cc(NCc2ccccc2)ccn1. The second kappa shape index (κ2) is 8.14. The Kier molecular flexibility index (Phi) is 5.91. The molecule has 0 radical (unpaired) electrons. The van der Waals surface area contributed by atoms with Gasteiger partial charge in [-0.25, -0.2) is 5.48 Å². The van der Waals surface area contributed by atoms with Crippen LogP contribution < -0.4 is 10.8 Å². The van der Waals surface area contributed by atoms with Gasteiger partial charge >= 0.3 is 0 Å². The van der Waals surface area contributed by atoms with E-state index < -0.39 is 0 Å². The molecule has 116 valence electrons. The number of amides is 1. The molecule has 5 heteroatoms. The molecule has 22 heavy (non-hydrogen) atoms. The normalized spacial score (nSPS) is 10.5. The molecule has 0 saturated heterocycles. The van der Waals surface area contributed by atoms with Crippen molar-refractivity contribution in [2.75, 3.05) is 11.9 Å². The highest BCUT2D eigenvalue weighted by Gasteiger charge is 2.08. The third kappa shape index (κ3) is 5.18. The van der Waals surface area contributed by atoms with E-state index in [2.05, 4.69) is 15.8 Å². The predicted molar refractivity (Wildman–Crippen MR) is 86.3 cm³/mol. The van der Waals surface area contributed by atoms with Crippen molar-refractivity contribution in [1.29, 1.82) is 0 Å². The molecule has 5 nitrogen and oxygen atoms in total. The highest BCUT2D eigenvalue weighted by Crippen LogP contribution is 2.10. The van der Waals surface area contributed by atoms with E-state index in [4.69, 9.17) is 4.84 Å². The van der Waals surface area contributed by atoms with Gasteiger partial charge in [0, 0.05) is 18.4 Å². The average molecular weight is 299 g/mol. The molecule has 0 aliphatic carbocycles. The van der Waals surface area contributed by atoms with Crippen LogP contribution in [-0.4, -0.2) is 17.5 Å². The van der Waals surface area contributed by atoms with Crippen molar-refractivity contribution in [2.45, 2.75) is 20.4 Å². The Morgan fingerprint density at radius 2 is 2.00 bits per heavy atom. The standard InChI is InChI=1S/C17H21N3O2/c1-13(2)12-22-20-17(21)16-10-15(8-9-18-16)19-11-14-6-4-3-5-7-14/h3-10,13H,11-12H2,1-2H3,(H,18,19)(H,20,21). The summed E-state index contributed by atoms with van der Waals surface area (Å²) >= 11 is 0. The minimum Gasteiger partial charge on any atom is -0.381 e. The first kappa shape index (κ1) is 16.0. The third-order valence-corrected chi connectivity index (χ3v) is 2.91. The van der Waals surface area contributed by atoms with Crippen LogP contribution >= 0.6 is 0 Å². The number of hydrogen-bond donors (Lipinski definition) is 2. The van der Waals surface area contributed by atoms with Gasteiger partial charge in [-0.3, -0.25) is 14.6 Å². The van der Waals surface area contributed by atoms with E-state index in [0.29, 0.717) is 24.8 Å². The molecule has 1 aromatic heterocycles. The quantitative estimate of drug-likeness (QED) is 0.771. The van der Waals surface area contributed by atoms with Gasteiger partial charge in [-0.2, -0.15) is 0 Å². The van der Waals surface area contributed by atoms with Crippen molar-refractivity contribution in [3.8, 4) is 0 Å². The topological polar surface area (TPSA) is 63.2 Å². The zero-order chi connectivity index (χ0) is 15.8. The molecule has 0 aliphatic rings. The molecule has 0 spiro atoms. The van der Waals surface area contributed by atoms with Gasteiger partial charge in [0.25, 0.3) is 5.91 Å². The van der Waals surface area contributed by atoms with E-state index in [9.17, 15) is 4.79 Å². The summed E-state index contributed by atoms with van der Waals surface area (Å²) in [5.41, 5.74) is 4.74. The number of hydrogen-bond acceptors (Lipinski definition) is 4. The van der Waals surface area contributed by atoms with Crippen molar-refractivity contribution in [1.82, 2.24) is 10.5 Å². The molecule has 0 atom stereocenters. The molecular formula is C17H21N3O2. The van der Waals surface area contributed by atoms with E-state index in [1.165, 1.54) is 5.56 Å². The van der Waals surface area contributed by atoms with Gasteiger partial charge in [-0.05, 0) is 23.6 Å². The van der Waals surface area contributed by atoms with Crippen LogP contribution in [0.15, 0.2) is 48.7 Å². The summed E-state index contributed by atoms with van der Waals surface area (Å²) in [7, 11) is 0. The smallest absolute Gasteiger partial charge is 0.293 e. The second-order valence-corrected chi connectivity index (χ2v) is 5.40. The molecule has 2 aromatic rings. The van der Waals surface area contributed by atoms with E-state index in [1.807, 2.05) is 50.2 Å². The maximum atomic E-state index is 11.9. The predicted octanol–water partition coefficient (Wildman–Crippen LogP) is 3.01. The number of hydroxylamine groups is 1. The Morgan fingerprint density at radius 3 is 2.73 bits per heavy atom. The molecule has 1 aromatic carbocycles. The summed E-state index contributed by atoms with van der Waals surface area (Å²) in [5, 5.41) is 3.27. The Labute approximate surface area is 130 Å². The Bertz CT molecular complexity index is 600. The average Bonchev–Trinajstić information content (AvgIpc) is 2.54. The van der Waals surface area contributed by atoms with Gasteiger partial charge < -0.3 is 5.32 Å². The number of pyridine rings is 1. The fraction of sp³-hybridized carbons (Fsp3) is 0.294. The van der Waals surface area contributed by atoms with Crippen LogP contribution in [0.4, 0.5) is 5.69 Å². The van der Waals surface area contributed by atoms with Gasteiger partial charge in [-0.15, -0.1) is 0 Å². The number of aromatic nitrogens is 1. The van der Waals surface area contributed by atoms with E-state index >= 15 is 0 Å². The molecule has 0 aliphatic heterocycles. The number of rotatable bonds is 7. The van der Waals surface area contributed by atoms with Crippen LogP contribution in [0.5, 0.6) is 0 Å². The first-order chi connectivity index (χ1) is 10.6. The van der Waals surface area contributed by atoms with E-state index in [0.717, 1.165) is 5.69 Å². The van der Waals surface area contributed by atoms with Crippen LogP contribution in [0.3, 0.4) is 0 Å². The zero-order valence-corrected chi connectivity index (χ0v) is 12.9. The third-order valence-electron chi connectivity index (χ3n) is 2.91. The Balaban J connectivity index is 1.90. The molecular weight excluding hydrogens is 278 g/mol. The minimum atomic E-state index is -0.344. The zero-order valence-electron chi connectivity index (χ0n) is 12.9. The molecule has 2 rings (SSSR count). The van der Waals surface area contributed by atoms with Crippen molar-refractivity contribution < 1.29 is 9.63 Å². The van der Waals surface area contributed by atoms with Crippen molar-refractivity contribution in [3.05, 3.63) is 59.9 Å². The lowest BCUT2D eigenvalue weighted by Crippen LogP contribution is -2.26. The number of carbonyl (C=O) groups excluding carboxylic acids is 1. The van der Waals surface area contributed by atoms with Crippen LogP contribution in [0.2, 0.25) is 0 Å². The summed E-state index contributed by atoms with van der Waals surface area (Å²) < 4.78 is 0. The fourth-order valence-electron chi connectivity index (χ4n) is 1.79. The highest BCUT2D eigenvalue weighted by atomic mass is 16.6. The van der Waals surface area contributed by atoms with Crippen LogP contribution in [0.25, 0.3) is 0 Å². The number of benzene rings is 1. The fourth-order valence-corrected chi connectivity index (χ4v) is 1.79. The largest absolute Gasteiger partial charge is 0.381 e. The highest BCUT2D eigenvalue weighted by molar-refractivity contribution is 5.92. The molecule has 2 N–H and O–H groups in total. The molecule has 0 fully saturated rings. The van der Waals surface area contributed by atoms with Gasteiger partial charge in [0.05, 0.1) is 6.61 Å². The summed E-state index contributed by atoms with van der Waals surface area (Å²) in [6, 6.07) is 13.6. The monoisotopic (exact) mass is 299 g/mol. The maximum absolute atomic E-state index is 11.9. The van der Waals surface area contributed by atoms with E-state index in [1.54, 1.807) is 12.3 Å².